The van der Waals surface area contributed by atoms with Crippen molar-refractivity contribution < 1.29 is 4.79 Å². The van der Waals surface area contributed by atoms with Crippen LogP contribution >= 0.6 is 34.3 Å². The number of carbonyl (C=O) groups excluding carboxylic acids is 1. The van der Waals surface area contributed by atoms with Crippen molar-refractivity contribution in [3.8, 4) is 0 Å². The van der Waals surface area contributed by atoms with Gasteiger partial charge in [-0.1, -0.05) is 18.5 Å². The summed E-state index contributed by atoms with van der Waals surface area (Å²) in [5.74, 6) is 0.229. The van der Waals surface area contributed by atoms with Crippen LogP contribution in [0, 0.1) is 0 Å². The Hall–Kier alpha value is -0.910. The van der Waals surface area contributed by atoms with Gasteiger partial charge in [0.15, 0.2) is 0 Å². The van der Waals surface area contributed by atoms with Crippen LogP contribution in [0.1, 0.15) is 30.3 Å². The molecule has 3 rings (SSSR count). The van der Waals surface area contributed by atoms with E-state index in [1.165, 1.54) is 0 Å². The molecule has 0 atom stereocenters. The quantitative estimate of drug-likeness (QED) is 0.846. The predicted octanol–water partition coefficient (Wildman–Crippen LogP) is 3.98. The average molecular weight is 341 g/mol. The van der Waals surface area contributed by atoms with Crippen LogP contribution in [0.25, 0.3) is 0 Å². The minimum atomic E-state index is 0.0525. The lowest BCUT2D eigenvalue weighted by Gasteiger charge is -2.38. The van der Waals surface area contributed by atoms with E-state index in [1.807, 2.05) is 21.7 Å². The molecule has 0 aromatic carbocycles. The normalized spacial score (nSPS) is 17.9. The Morgan fingerprint density at radius 1 is 1.48 bits per heavy atom. The number of piperidine rings is 1. The SMILES string of the molecule is CC1(c2ncc(Cl)s2)CCN(C(=O)Cc2ccsc2)CC1. The second-order valence-electron chi connectivity index (χ2n) is 5.72. The summed E-state index contributed by atoms with van der Waals surface area (Å²) in [6.07, 6.45) is 4.14. The number of hydrogen-bond donors (Lipinski definition) is 0. The maximum Gasteiger partial charge on any atom is 0.227 e. The molecule has 3 nitrogen and oxygen atoms in total. The van der Waals surface area contributed by atoms with Crippen molar-refractivity contribution in [3.05, 3.63) is 37.9 Å². The highest BCUT2D eigenvalue weighted by Crippen LogP contribution is 2.38. The first-order chi connectivity index (χ1) is 10.1. The summed E-state index contributed by atoms with van der Waals surface area (Å²) in [4.78, 5) is 18.7. The van der Waals surface area contributed by atoms with Crippen LogP contribution in [-0.4, -0.2) is 28.9 Å². The lowest BCUT2D eigenvalue weighted by molar-refractivity contribution is -0.132. The first-order valence-corrected chi connectivity index (χ1v) is 9.11. The van der Waals surface area contributed by atoms with E-state index in [2.05, 4.69) is 11.9 Å². The fraction of sp³-hybridized carbons (Fsp3) is 0.467. The zero-order chi connectivity index (χ0) is 14.9. The number of rotatable bonds is 3. The fourth-order valence-electron chi connectivity index (χ4n) is 2.68. The number of halogens is 1. The third-order valence-electron chi connectivity index (χ3n) is 4.15. The number of aromatic nitrogens is 1. The number of hydrogen-bond acceptors (Lipinski definition) is 4. The van der Waals surface area contributed by atoms with Crippen LogP contribution in [-0.2, 0) is 16.6 Å². The van der Waals surface area contributed by atoms with Crippen molar-refractivity contribution in [3.63, 3.8) is 0 Å². The molecule has 0 aliphatic carbocycles. The van der Waals surface area contributed by atoms with Crippen molar-refractivity contribution in [1.82, 2.24) is 9.88 Å². The lowest BCUT2D eigenvalue weighted by Crippen LogP contribution is -2.44. The maximum atomic E-state index is 12.3. The molecule has 1 amide bonds. The Kier molecular flexibility index (Phi) is 4.33. The van der Waals surface area contributed by atoms with Gasteiger partial charge in [0.05, 0.1) is 12.6 Å². The van der Waals surface area contributed by atoms with E-state index >= 15 is 0 Å². The molecule has 0 spiro atoms. The number of thiazole rings is 1. The highest BCUT2D eigenvalue weighted by Gasteiger charge is 2.35. The smallest absolute Gasteiger partial charge is 0.227 e. The molecule has 0 radical (unpaired) electrons. The Labute approximate surface area is 137 Å². The first-order valence-electron chi connectivity index (χ1n) is 6.97. The minimum Gasteiger partial charge on any atom is -0.342 e. The van der Waals surface area contributed by atoms with E-state index in [-0.39, 0.29) is 11.3 Å². The van der Waals surface area contributed by atoms with Crippen molar-refractivity contribution in [1.29, 1.82) is 0 Å². The van der Waals surface area contributed by atoms with Crippen LogP contribution in [0.4, 0.5) is 0 Å². The Morgan fingerprint density at radius 2 is 2.24 bits per heavy atom. The number of amides is 1. The van der Waals surface area contributed by atoms with Crippen LogP contribution in [0.2, 0.25) is 4.34 Å². The van der Waals surface area contributed by atoms with Crippen molar-refractivity contribution in [2.45, 2.75) is 31.6 Å². The van der Waals surface area contributed by atoms with Gasteiger partial charge in [0.25, 0.3) is 0 Å². The number of likely N-dealkylation sites (tertiary alicyclic amines) is 1. The number of thiophene rings is 1. The summed E-state index contributed by atoms with van der Waals surface area (Å²) in [5, 5.41) is 5.16. The summed E-state index contributed by atoms with van der Waals surface area (Å²) >= 11 is 9.19. The molecule has 21 heavy (non-hydrogen) atoms. The Morgan fingerprint density at radius 3 is 2.81 bits per heavy atom. The molecule has 1 saturated heterocycles. The molecule has 1 aliphatic rings. The molecule has 0 unspecified atom stereocenters. The molecule has 0 saturated carbocycles. The third kappa shape index (κ3) is 3.30. The van der Waals surface area contributed by atoms with Crippen molar-refractivity contribution >= 4 is 40.2 Å². The second kappa shape index (κ2) is 6.07. The fourth-order valence-corrected chi connectivity index (χ4v) is 4.46. The molecule has 112 valence electrons. The summed E-state index contributed by atoms with van der Waals surface area (Å²) < 4.78 is 0.738. The third-order valence-corrected chi connectivity index (χ3v) is 6.30. The number of nitrogens with zero attached hydrogens (tertiary/aromatic N) is 2. The molecule has 3 heterocycles. The van der Waals surface area contributed by atoms with Crippen LogP contribution < -0.4 is 0 Å². The van der Waals surface area contributed by atoms with Crippen molar-refractivity contribution in [2.24, 2.45) is 0 Å². The summed E-state index contributed by atoms with van der Waals surface area (Å²) in [5.41, 5.74) is 1.17. The Balaban J connectivity index is 1.61. The van der Waals surface area contributed by atoms with E-state index in [1.54, 1.807) is 28.9 Å². The number of carbonyl (C=O) groups is 1. The summed E-state index contributed by atoms with van der Waals surface area (Å²) in [6, 6.07) is 2.02. The minimum absolute atomic E-state index is 0.0525. The molecule has 2 aromatic rings. The van der Waals surface area contributed by atoms with Crippen LogP contribution in [0.3, 0.4) is 0 Å². The van der Waals surface area contributed by atoms with Crippen LogP contribution in [0.15, 0.2) is 23.0 Å². The standard InChI is InChI=1S/C15H17ClN2OS2/c1-15(14-17-9-12(16)21-14)3-5-18(6-4-15)13(19)8-11-2-7-20-10-11/h2,7,9-10H,3-6,8H2,1H3. The van der Waals surface area contributed by atoms with Gasteiger partial charge in [-0.05, 0) is 35.2 Å². The van der Waals surface area contributed by atoms with E-state index in [9.17, 15) is 4.79 Å². The largest absolute Gasteiger partial charge is 0.342 e. The molecule has 6 heteroatoms. The van der Waals surface area contributed by atoms with Gasteiger partial charge in [0.2, 0.25) is 5.91 Å². The topological polar surface area (TPSA) is 33.2 Å². The van der Waals surface area contributed by atoms with Crippen LogP contribution in [0.5, 0.6) is 0 Å². The zero-order valence-electron chi connectivity index (χ0n) is 11.8. The maximum absolute atomic E-state index is 12.3. The molecule has 1 fully saturated rings. The van der Waals surface area contributed by atoms with Gasteiger partial charge in [0.1, 0.15) is 9.34 Å². The molecular formula is C15H17ClN2OS2. The van der Waals surface area contributed by atoms with Gasteiger partial charge in [-0.25, -0.2) is 4.98 Å². The van der Waals surface area contributed by atoms with Gasteiger partial charge in [-0.15, -0.1) is 11.3 Å². The van der Waals surface area contributed by atoms with Gasteiger partial charge < -0.3 is 4.90 Å². The van der Waals surface area contributed by atoms with Gasteiger partial charge >= 0.3 is 0 Å². The Bertz CT molecular complexity index is 615. The highest BCUT2D eigenvalue weighted by atomic mass is 35.5. The van der Waals surface area contributed by atoms with E-state index in [0.29, 0.717) is 6.42 Å². The molecular weight excluding hydrogens is 324 g/mol. The van der Waals surface area contributed by atoms with Gasteiger partial charge in [-0.2, -0.15) is 11.3 Å². The van der Waals surface area contributed by atoms with E-state index < -0.39 is 0 Å². The van der Waals surface area contributed by atoms with Gasteiger partial charge in [0, 0.05) is 18.5 Å². The highest BCUT2D eigenvalue weighted by molar-refractivity contribution is 7.15. The molecule has 2 aromatic heterocycles. The monoisotopic (exact) mass is 340 g/mol. The van der Waals surface area contributed by atoms with Gasteiger partial charge in [-0.3, -0.25) is 4.79 Å². The second-order valence-corrected chi connectivity index (χ2v) is 8.16. The summed E-state index contributed by atoms with van der Waals surface area (Å²) in [7, 11) is 0. The lowest BCUT2D eigenvalue weighted by atomic mass is 9.81. The average Bonchev–Trinajstić information content (AvgIpc) is 3.11. The zero-order valence-corrected chi connectivity index (χ0v) is 14.2. The molecule has 1 aliphatic heterocycles. The van der Waals surface area contributed by atoms with E-state index in [4.69, 9.17) is 11.6 Å². The molecule has 0 bridgehead atoms. The van der Waals surface area contributed by atoms with E-state index in [0.717, 1.165) is 40.8 Å². The van der Waals surface area contributed by atoms with Crippen molar-refractivity contribution in [2.75, 3.05) is 13.1 Å². The first kappa shape index (κ1) is 15.0. The summed E-state index contributed by atoms with van der Waals surface area (Å²) in [6.45, 7) is 3.83. The predicted molar refractivity (Wildman–Crippen MR) is 88.3 cm³/mol. The molecule has 0 N–H and O–H groups in total.